The van der Waals surface area contributed by atoms with E-state index in [1.807, 2.05) is 25.2 Å². The third-order valence-corrected chi connectivity index (χ3v) is 5.82. The van der Waals surface area contributed by atoms with Crippen molar-refractivity contribution in [1.29, 1.82) is 0 Å². The van der Waals surface area contributed by atoms with Gasteiger partial charge in [-0.25, -0.2) is 14.2 Å². The predicted octanol–water partition coefficient (Wildman–Crippen LogP) is 0.824. The van der Waals surface area contributed by atoms with Gasteiger partial charge in [0.1, 0.15) is 11.6 Å². The van der Waals surface area contributed by atoms with Crippen LogP contribution in [0.4, 0.5) is 17.2 Å². The van der Waals surface area contributed by atoms with Crippen molar-refractivity contribution >= 4 is 39.8 Å². The van der Waals surface area contributed by atoms with E-state index in [-0.39, 0.29) is 18.1 Å². The smallest absolute Gasteiger partial charge is 0.272 e. The van der Waals surface area contributed by atoms with E-state index in [2.05, 4.69) is 36.3 Å². The van der Waals surface area contributed by atoms with Gasteiger partial charge in [0.15, 0.2) is 17.2 Å². The summed E-state index contributed by atoms with van der Waals surface area (Å²) in [6, 6.07) is 5.54. The van der Waals surface area contributed by atoms with Gasteiger partial charge in [-0.2, -0.15) is 0 Å². The van der Waals surface area contributed by atoms with Crippen LogP contribution in [0, 0.1) is 0 Å². The number of amides is 1. The number of fused-ring (bicyclic) bond motifs is 6. The predicted molar refractivity (Wildman–Crippen MR) is 115 cm³/mol. The van der Waals surface area contributed by atoms with E-state index < -0.39 is 0 Å². The molecule has 1 aromatic carbocycles. The zero-order valence-electron chi connectivity index (χ0n) is 17.5. The molecule has 0 radical (unpaired) electrons. The van der Waals surface area contributed by atoms with Crippen molar-refractivity contribution in [3.05, 3.63) is 35.7 Å². The Morgan fingerprint density at radius 3 is 3.03 bits per heavy atom. The molecule has 5 heterocycles. The highest BCUT2D eigenvalue weighted by Crippen LogP contribution is 2.29. The second kappa shape index (κ2) is 7.14. The average Bonchev–Trinajstić information content (AvgIpc) is 3.50. The molecule has 1 saturated heterocycles. The second-order valence-corrected chi connectivity index (χ2v) is 7.89. The first kappa shape index (κ1) is 19.0. The largest absolute Gasteiger partial charge is 0.385 e. The van der Waals surface area contributed by atoms with Gasteiger partial charge in [-0.05, 0) is 17.7 Å². The zero-order chi connectivity index (χ0) is 21.8. The van der Waals surface area contributed by atoms with Gasteiger partial charge in [-0.1, -0.05) is 5.21 Å². The number of aryl methyl sites for hydroxylation is 1. The molecule has 2 aliphatic heterocycles. The minimum atomic E-state index is -0.291. The van der Waals surface area contributed by atoms with Crippen LogP contribution >= 0.6 is 0 Å². The molecule has 1 fully saturated rings. The lowest BCUT2D eigenvalue weighted by atomic mass is 10.1. The number of hydrogen-bond donors (Lipinski definition) is 3. The number of ether oxygens (including phenoxy) is 2. The third kappa shape index (κ3) is 2.95. The molecule has 4 bridgehead atoms. The Bertz CT molecular complexity index is 1360. The standard InChI is InChI=1S/C20H21N9O3/c1-21-12-5-17-23-11-3-10(4-14-18(11)25-27-28(14)2)7-32-16-9-31-8-13(16)24-20(30)15-6-22-19(12)29(15)26-17/h3-6,13,16,21H,7-9H2,1-2H3,(H,23,26)(H,24,30)/t13-,16-/m1/s1. The zero-order valence-corrected chi connectivity index (χ0v) is 17.5. The van der Waals surface area contributed by atoms with Crippen LogP contribution in [0.3, 0.4) is 0 Å². The van der Waals surface area contributed by atoms with Gasteiger partial charge in [0, 0.05) is 20.2 Å². The minimum absolute atomic E-state index is 0.269. The van der Waals surface area contributed by atoms with Crippen LogP contribution in [-0.2, 0) is 23.1 Å². The van der Waals surface area contributed by atoms with E-state index >= 15 is 0 Å². The summed E-state index contributed by atoms with van der Waals surface area (Å²) in [6.07, 6.45) is 1.25. The van der Waals surface area contributed by atoms with Crippen LogP contribution in [0.25, 0.3) is 16.7 Å². The topological polar surface area (TPSA) is 133 Å². The maximum Gasteiger partial charge on any atom is 0.272 e. The summed E-state index contributed by atoms with van der Waals surface area (Å²) in [5.41, 5.74) is 4.85. The van der Waals surface area contributed by atoms with Gasteiger partial charge in [-0.3, -0.25) is 4.79 Å². The average molecular weight is 435 g/mol. The number of imidazole rings is 1. The Hall–Kier alpha value is -3.77. The molecule has 0 spiro atoms. The highest BCUT2D eigenvalue weighted by atomic mass is 16.5. The summed E-state index contributed by atoms with van der Waals surface area (Å²) in [5, 5.41) is 22.6. The first-order valence-electron chi connectivity index (χ1n) is 10.3. The van der Waals surface area contributed by atoms with Crippen LogP contribution in [-0.4, -0.2) is 67.9 Å². The molecule has 0 unspecified atom stereocenters. The normalized spacial score (nSPS) is 20.8. The van der Waals surface area contributed by atoms with Gasteiger partial charge in [0.05, 0.1) is 49.0 Å². The molecule has 2 atom stereocenters. The highest BCUT2D eigenvalue weighted by molar-refractivity contribution is 5.94. The van der Waals surface area contributed by atoms with Gasteiger partial charge >= 0.3 is 0 Å². The first-order chi connectivity index (χ1) is 15.6. The summed E-state index contributed by atoms with van der Waals surface area (Å²) < 4.78 is 15.0. The van der Waals surface area contributed by atoms with Crippen LogP contribution in [0.2, 0.25) is 0 Å². The fourth-order valence-corrected chi connectivity index (χ4v) is 4.15. The maximum absolute atomic E-state index is 13.1. The van der Waals surface area contributed by atoms with Gasteiger partial charge in [0.2, 0.25) is 0 Å². The molecule has 12 nitrogen and oxygen atoms in total. The number of carbonyl (C=O) groups excluding carboxylic acids is 1. The summed E-state index contributed by atoms with van der Waals surface area (Å²) in [4.78, 5) is 17.5. The van der Waals surface area contributed by atoms with Crippen molar-refractivity contribution in [3.8, 4) is 0 Å². The van der Waals surface area contributed by atoms with Crippen LogP contribution < -0.4 is 16.0 Å². The van der Waals surface area contributed by atoms with Crippen molar-refractivity contribution in [1.82, 2.24) is 34.9 Å². The van der Waals surface area contributed by atoms with E-state index in [9.17, 15) is 4.79 Å². The van der Waals surface area contributed by atoms with Crippen molar-refractivity contribution in [2.24, 2.45) is 7.05 Å². The number of nitrogens with zero attached hydrogens (tertiary/aromatic N) is 6. The van der Waals surface area contributed by atoms with E-state index in [1.165, 1.54) is 10.7 Å². The summed E-state index contributed by atoms with van der Waals surface area (Å²) in [5.74, 6) is 0.234. The number of rotatable bonds is 1. The van der Waals surface area contributed by atoms with Crippen molar-refractivity contribution in [2.45, 2.75) is 18.8 Å². The van der Waals surface area contributed by atoms with Gasteiger partial charge in [0.25, 0.3) is 5.91 Å². The Kier molecular flexibility index (Phi) is 4.23. The number of carbonyl (C=O) groups is 1. The molecule has 4 aromatic rings. The quantitative estimate of drug-likeness (QED) is 0.397. The molecular weight excluding hydrogens is 414 g/mol. The molecular formula is C20H21N9O3. The number of benzene rings is 1. The lowest BCUT2D eigenvalue weighted by molar-refractivity contribution is 0.0218. The van der Waals surface area contributed by atoms with Crippen LogP contribution in [0.15, 0.2) is 24.4 Å². The second-order valence-electron chi connectivity index (χ2n) is 7.89. The fourth-order valence-electron chi connectivity index (χ4n) is 4.15. The maximum atomic E-state index is 13.1. The van der Waals surface area contributed by atoms with Crippen molar-refractivity contribution < 1.29 is 14.3 Å². The van der Waals surface area contributed by atoms with Crippen LogP contribution in [0.5, 0.6) is 0 Å². The third-order valence-electron chi connectivity index (χ3n) is 5.82. The monoisotopic (exact) mass is 435 g/mol. The Labute approximate surface area is 181 Å². The highest BCUT2D eigenvalue weighted by Gasteiger charge is 2.32. The number of aromatic nitrogens is 6. The lowest BCUT2D eigenvalue weighted by Crippen LogP contribution is -2.44. The van der Waals surface area contributed by atoms with E-state index in [0.717, 1.165) is 22.5 Å². The van der Waals surface area contributed by atoms with E-state index in [1.54, 1.807) is 11.7 Å². The summed E-state index contributed by atoms with van der Waals surface area (Å²) >= 11 is 0. The van der Waals surface area contributed by atoms with Crippen molar-refractivity contribution in [3.63, 3.8) is 0 Å². The molecule has 2 aliphatic rings. The first-order valence-corrected chi connectivity index (χ1v) is 10.3. The van der Waals surface area contributed by atoms with E-state index in [4.69, 9.17) is 9.47 Å². The molecule has 1 amide bonds. The van der Waals surface area contributed by atoms with Crippen molar-refractivity contribution in [2.75, 3.05) is 30.9 Å². The lowest BCUT2D eigenvalue weighted by Gasteiger charge is -2.20. The minimum Gasteiger partial charge on any atom is -0.385 e. The van der Waals surface area contributed by atoms with Gasteiger partial charge in [-0.15, -0.1) is 10.2 Å². The fraction of sp³-hybridized carbons (Fsp3) is 0.350. The Balaban J connectivity index is 1.56. The van der Waals surface area contributed by atoms with Crippen LogP contribution in [0.1, 0.15) is 16.1 Å². The number of hydrogen-bond acceptors (Lipinski definition) is 9. The molecule has 6 rings (SSSR count). The molecule has 12 heteroatoms. The van der Waals surface area contributed by atoms with Gasteiger partial charge < -0.3 is 25.4 Å². The Morgan fingerprint density at radius 2 is 2.16 bits per heavy atom. The molecule has 3 N–H and O–H groups in total. The molecule has 32 heavy (non-hydrogen) atoms. The SMILES string of the molecule is CNc1cc2nn3c(cnc13)C(=O)N[C@@H]1COC[C@H]1OCc1cc(c3nnn(C)c3c1)N2. The summed E-state index contributed by atoms with van der Waals surface area (Å²) in [6.45, 7) is 1.14. The molecule has 0 saturated carbocycles. The molecule has 3 aromatic heterocycles. The molecule has 0 aliphatic carbocycles. The number of nitrogens with one attached hydrogen (secondary N) is 3. The Morgan fingerprint density at radius 1 is 1.25 bits per heavy atom. The molecule has 164 valence electrons. The summed E-state index contributed by atoms with van der Waals surface area (Å²) in [7, 11) is 3.64. The number of anilines is 3. The van der Waals surface area contributed by atoms with E-state index in [0.29, 0.717) is 42.5 Å².